The number of ether oxygens (including phenoxy) is 1. The molecule has 0 aliphatic carbocycles. The summed E-state index contributed by atoms with van der Waals surface area (Å²) in [5.41, 5.74) is -6.08. The lowest BCUT2D eigenvalue weighted by Crippen LogP contribution is -2.70. The fourth-order valence-corrected chi connectivity index (χ4v) is 2.66. The van der Waals surface area contributed by atoms with Crippen molar-refractivity contribution in [2.75, 3.05) is 7.11 Å². The summed E-state index contributed by atoms with van der Waals surface area (Å²) in [6, 6.07) is 0. The second-order valence-corrected chi connectivity index (χ2v) is 7.93. The number of carbonyl (C=O) groups excluding carboxylic acids is 1. The Morgan fingerprint density at radius 1 is 0.920 bits per heavy atom. The van der Waals surface area contributed by atoms with Crippen molar-refractivity contribution >= 4 is 17.9 Å². The first-order valence-corrected chi connectivity index (χ1v) is 8.07. The Kier molecular flexibility index (Phi) is 6.80. The Morgan fingerprint density at radius 3 is 1.60 bits per heavy atom. The van der Waals surface area contributed by atoms with Crippen molar-refractivity contribution in [3.05, 3.63) is 0 Å². The molecule has 146 valence electrons. The number of nitrogens with zero attached hydrogens (tertiary/aromatic N) is 1. The summed E-state index contributed by atoms with van der Waals surface area (Å²) in [6.07, 6.45) is 0.0414. The molecular formula is C17H31NO7. The fraction of sp³-hybridized carbons (Fsp3) is 0.824. The van der Waals surface area contributed by atoms with Crippen molar-refractivity contribution in [3.8, 4) is 0 Å². The summed E-state index contributed by atoms with van der Waals surface area (Å²) < 4.78 is 4.71. The summed E-state index contributed by atoms with van der Waals surface area (Å²) in [5, 5.41) is 20.8. The predicted octanol–water partition coefficient (Wildman–Crippen LogP) is 2.31. The van der Waals surface area contributed by atoms with Gasteiger partial charge in [-0.2, -0.15) is 5.06 Å². The van der Waals surface area contributed by atoms with E-state index in [4.69, 9.17) is 9.57 Å². The maximum atomic E-state index is 12.2. The molecule has 0 fully saturated rings. The summed E-state index contributed by atoms with van der Waals surface area (Å²) in [5.74, 6) is -3.34. The van der Waals surface area contributed by atoms with E-state index in [-0.39, 0.29) is 6.42 Å². The van der Waals surface area contributed by atoms with Gasteiger partial charge in [-0.3, -0.25) is 14.4 Å². The highest BCUT2D eigenvalue weighted by Crippen LogP contribution is 2.44. The van der Waals surface area contributed by atoms with Crippen molar-refractivity contribution in [1.82, 2.24) is 5.06 Å². The number of carboxylic acid groups (broad SMARTS) is 2. The number of carboxylic acids is 2. The summed E-state index contributed by atoms with van der Waals surface area (Å²) >= 11 is 0. The van der Waals surface area contributed by atoms with Gasteiger partial charge in [-0.1, -0.05) is 6.92 Å². The van der Waals surface area contributed by atoms with Crippen LogP contribution < -0.4 is 0 Å². The molecular weight excluding hydrogens is 330 g/mol. The highest BCUT2D eigenvalue weighted by molar-refractivity contribution is 5.89. The van der Waals surface area contributed by atoms with Gasteiger partial charge in [0.2, 0.25) is 0 Å². The van der Waals surface area contributed by atoms with Gasteiger partial charge >= 0.3 is 17.9 Å². The molecule has 0 aliphatic heterocycles. The molecule has 0 spiro atoms. The summed E-state index contributed by atoms with van der Waals surface area (Å²) in [6.45, 7) is 12.2. The van der Waals surface area contributed by atoms with Gasteiger partial charge in [-0.15, -0.1) is 0 Å². The molecule has 8 nitrogen and oxygen atoms in total. The lowest BCUT2D eigenvalue weighted by molar-refractivity contribution is -0.325. The predicted molar refractivity (Wildman–Crippen MR) is 90.8 cm³/mol. The third kappa shape index (κ3) is 4.12. The molecule has 0 amide bonds. The second kappa shape index (κ2) is 7.29. The van der Waals surface area contributed by atoms with E-state index in [0.29, 0.717) is 0 Å². The molecule has 0 aromatic heterocycles. The van der Waals surface area contributed by atoms with Gasteiger partial charge in [0.15, 0.2) is 11.1 Å². The van der Waals surface area contributed by atoms with Crippen LogP contribution in [-0.4, -0.2) is 57.0 Å². The molecule has 0 saturated carbocycles. The maximum absolute atomic E-state index is 12.2. The molecule has 0 aliphatic rings. The third-order valence-electron chi connectivity index (χ3n) is 4.68. The fourth-order valence-electron chi connectivity index (χ4n) is 2.66. The van der Waals surface area contributed by atoms with Crippen LogP contribution in [0.2, 0.25) is 0 Å². The molecule has 0 aromatic rings. The van der Waals surface area contributed by atoms with Gasteiger partial charge in [-0.25, -0.2) is 4.79 Å². The van der Waals surface area contributed by atoms with Gasteiger partial charge in [0, 0.05) is 5.54 Å². The first-order chi connectivity index (χ1) is 11.0. The largest absolute Gasteiger partial charge is 0.481 e. The molecule has 0 heterocycles. The topological polar surface area (TPSA) is 113 Å². The monoisotopic (exact) mass is 361 g/mol. The van der Waals surface area contributed by atoms with Crippen LogP contribution in [-0.2, 0) is 24.0 Å². The van der Waals surface area contributed by atoms with E-state index in [0.717, 1.165) is 5.06 Å². The zero-order valence-electron chi connectivity index (χ0n) is 16.6. The van der Waals surface area contributed by atoms with Crippen LogP contribution in [0.1, 0.15) is 61.8 Å². The van der Waals surface area contributed by atoms with Crippen molar-refractivity contribution in [1.29, 1.82) is 0 Å². The minimum Gasteiger partial charge on any atom is -0.481 e. The van der Waals surface area contributed by atoms with E-state index in [1.807, 2.05) is 0 Å². The average Bonchev–Trinajstić information content (AvgIpc) is 2.48. The van der Waals surface area contributed by atoms with Gasteiger partial charge in [0.25, 0.3) is 0 Å². The van der Waals surface area contributed by atoms with Gasteiger partial charge < -0.3 is 14.9 Å². The van der Waals surface area contributed by atoms with Gasteiger partial charge in [0.05, 0.1) is 12.5 Å². The molecule has 0 bridgehead atoms. The molecule has 0 saturated heterocycles. The van der Waals surface area contributed by atoms with Gasteiger partial charge in [0.1, 0.15) is 0 Å². The van der Waals surface area contributed by atoms with Crippen LogP contribution in [0.4, 0.5) is 0 Å². The van der Waals surface area contributed by atoms with E-state index in [1.54, 1.807) is 27.7 Å². The Morgan fingerprint density at radius 2 is 1.36 bits per heavy atom. The van der Waals surface area contributed by atoms with Crippen LogP contribution in [0.15, 0.2) is 0 Å². The third-order valence-corrected chi connectivity index (χ3v) is 4.68. The number of hydrogen-bond donors (Lipinski definition) is 2. The Labute approximate surface area is 149 Å². The molecule has 2 atom stereocenters. The minimum atomic E-state index is -1.96. The van der Waals surface area contributed by atoms with Crippen molar-refractivity contribution < 1.29 is 34.2 Å². The van der Waals surface area contributed by atoms with Crippen molar-refractivity contribution in [2.45, 2.75) is 78.5 Å². The highest BCUT2D eigenvalue weighted by Gasteiger charge is 2.62. The Hall–Kier alpha value is -1.67. The van der Waals surface area contributed by atoms with Gasteiger partial charge in [-0.05, 0) is 54.9 Å². The molecule has 0 radical (unpaired) electrons. The van der Waals surface area contributed by atoms with Crippen LogP contribution in [0, 0.1) is 5.41 Å². The molecule has 0 aromatic carbocycles. The van der Waals surface area contributed by atoms with Crippen LogP contribution in [0.3, 0.4) is 0 Å². The van der Waals surface area contributed by atoms with E-state index in [1.165, 1.54) is 34.8 Å². The number of esters is 1. The smallest absolute Gasteiger partial charge is 0.339 e. The van der Waals surface area contributed by atoms with E-state index in [9.17, 15) is 24.6 Å². The van der Waals surface area contributed by atoms with E-state index < -0.39 is 40.0 Å². The minimum absolute atomic E-state index is 0.0414. The molecule has 2 N–H and O–H groups in total. The standard InChI is InChI=1S/C17H31NO7/c1-10-16(7,11(19)20)17(8,12(21)22)18(14(2,3)4)25-15(5,6)13(23)24-9/h10H2,1-9H3,(H,19,20)(H,21,22). The molecule has 2 unspecified atom stereocenters. The zero-order chi connectivity index (χ0) is 20.4. The van der Waals surface area contributed by atoms with Crippen LogP contribution in [0.25, 0.3) is 0 Å². The first kappa shape index (κ1) is 23.3. The zero-order valence-corrected chi connectivity index (χ0v) is 16.6. The first-order valence-electron chi connectivity index (χ1n) is 8.07. The lowest BCUT2D eigenvalue weighted by atomic mass is 9.68. The Balaban J connectivity index is 6.53. The SMILES string of the molecule is CCC(C)(C(=O)O)C(C)(C(=O)O)N(OC(C)(C)C(=O)OC)C(C)(C)C. The van der Waals surface area contributed by atoms with Crippen LogP contribution in [0.5, 0.6) is 0 Å². The quantitative estimate of drug-likeness (QED) is 0.500. The van der Waals surface area contributed by atoms with Crippen molar-refractivity contribution in [2.24, 2.45) is 5.41 Å². The highest BCUT2D eigenvalue weighted by atomic mass is 16.7. The molecule has 25 heavy (non-hydrogen) atoms. The average molecular weight is 361 g/mol. The lowest BCUT2D eigenvalue weighted by Gasteiger charge is -2.52. The number of rotatable bonds is 8. The van der Waals surface area contributed by atoms with E-state index in [2.05, 4.69) is 0 Å². The van der Waals surface area contributed by atoms with E-state index >= 15 is 0 Å². The summed E-state index contributed by atoms with van der Waals surface area (Å²) in [4.78, 5) is 42.0. The second-order valence-electron chi connectivity index (χ2n) is 7.93. The Bertz CT molecular complexity index is 538. The van der Waals surface area contributed by atoms with Crippen LogP contribution >= 0.6 is 0 Å². The number of aliphatic carboxylic acids is 2. The maximum Gasteiger partial charge on any atom is 0.339 e. The number of hydroxylamine groups is 2. The molecule has 8 heteroatoms. The number of methoxy groups -OCH3 is 1. The number of carbonyl (C=O) groups is 3. The summed E-state index contributed by atoms with van der Waals surface area (Å²) in [7, 11) is 1.19. The molecule has 0 rings (SSSR count). The normalized spacial score (nSPS) is 17.5. The number of hydrogen-bond acceptors (Lipinski definition) is 6. The van der Waals surface area contributed by atoms with Crippen molar-refractivity contribution in [3.63, 3.8) is 0 Å².